The number of nitrogens with zero attached hydrogens (tertiary/aromatic N) is 1. The highest BCUT2D eigenvalue weighted by Crippen LogP contribution is 2.42. The van der Waals surface area contributed by atoms with E-state index < -0.39 is 0 Å². The highest BCUT2D eigenvalue weighted by molar-refractivity contribution is 6.13. The second kappa shape index (κ2) is 5.66. The molecule has 0 saturated carbocycles. The summed E-state index contributed by atoms with van der Waals surface area (Å²) in [6.07, 6.45) is 0. The minimum Gasteiger partial charge on any atom is -0.398 e. The fourth-order valence-corrected chi connectivity index (χ4v) is 3.26. The molecule has 0 aliphatic carbocycles. The summed E-state index contributed by atoms with van der Waals surface area (Å²) < 4.78 is 0. The van der Waals surface area contributed by atoms with Crippen LogP contribution in [0.15, 0.2) is 78.0 Å². The lowest BCUT2D eigenvalue weighted by atomic mass is 9.91. The quantitative estimate of drug-likeness (QED) is 0.262. The maximum Gasteiger partial charge on any atom is 0.0664 e. The minimum atomic E-state index is 0.707. The zero-order valence-corrected chi connectivity index (χ0v) is 13.0. The summed E-state index contributed by atoms with van der Waals surface area (Å²) in [6.45, 7) is 0. The van der Waals surface area contributed by atoms with Gasteiger partial charge in [-0.2, -0.15) is 5.53 Å². The van der Waals surface area contributed by atoms with E-state index in [2.05, 4.69) is 34.9 Å². The standard InChI is InChI=1S/C20H16N4/c21-17-11-9-13-5-1-3-7-15(13)19(17)20-16-8-4-2-6-14(16)10-12-18(20)23-24-22/h1-12H,21H2,(H2,22,23). The first-order chi connectivity index (χ1) is 11.8. The number of hydrogen-bond acceptors (Lipinski definition) is 3. The van der Waals surface area contributed by atoms with Gasteiger partial charge in [-0.25, -0.2) is 0 Å². The van der Waals surface area contributed by atoms with Gasteiger partial charge < -0.3 is 5.73 Å². The zero-order chi connectivity index (χ0) is 16.5. The van der Waals surface area contributed by atoms with Crippen molar-refractivity contribution in [2.24, 2.45) is 5.22 Å². The Labute approximate surface area is 139 Å². The van der Waals surface area contributed by atoms with E-state index >= 15 is 0 Å². The Balaban J connectivity index is 2.19. The fourth-order valence-electron chi connectivity index (χ4n) is 3.26. The molecule has 0 heterocycles. The van der Waals surface area contributed by atoms with Crippen molar-refractivity contribution in [1.29, 1.82) is 5.53 Å². The van der Waals surface area contributed by atoms with Crippen LogP contribution in [0.1, 0.15) is 0 Å². The van der Waals surface area contributed by atoms with Crippen molar-refractivity contribution in [3.05, 3.63) is 72.8 Å². The van der Waals surface area contributed by atoms with Crippen LogP contribution >= 0.6 is 0 Å². The predicted octanol–water partition coefficient (Wildman–Crippen LogP) is 5.60. The molecule has 0 fully saturated rings. The van der Waals surface area contributed by atoms with Crippen molar-refractivity contribution in [3.8, 4) is 11.1 Å². The first kappa shape index (κ1) is 14.2. The third kappa shape index (κ3) is 2.16. The number of rotatable bonds is 3. The third-order valence-electron chi connectivity index (χ3n) is 4.32. The molecule has 0 spiro atoms. The summed E-state index contributed by atoms with van der Waals surface area (Å²) in [6, 6.07) is 24.3. The minimum absolute atomic E-state index is 0.707. The summed E-state index contributed by atoms with van der Waals surface area (Å²) in [5, 5.41) is 7.78. The van der Waals surface area contributed by atoms with E-state index in [1.165, 1.54) is 0 Å². The molecule has 4 N–H and O–H groups in total. The van der Waals surface area contributed by atoms with E-state index in [4.69, 9.17) is 11.3 Å². The molecule has 4 heteroatoms. The van der Waals surface area contributed by atoms with Gasteiger partial charge >= 0.3 is 0 Å². The normalized spacial score (nSPS) is 10.8. The number of anilines is 2. The van der Waals surface area contributed by atoms with Crippen LogP contribution in [-0.4, -0.2) is 0 Å². The molecule has 24 heavy (non-hydrogen) atoms. The second-order valence-corrected chi connectivity index (χ2v) is 5.68. The van der Waals surface area contributed by atoms with Crippen molar-refractivity contribution < 1.29 is 0 Å². The van der Waals surface area contributed by atoms with Crippen molar-refractivity contribution in [2.75, 3.05) is 11.2 Å². The van der Waals surface area contributed by atoms with E-state index in [1.54, 1.807) is 0 Å². The van der Waals surface area contributed by atoms with Crippen LogP contribution < -0.4 is 11.2 Å². The molecule has 0 aliphatic heterocycles. The van der Waals surface area contributed by atoms with E-state index in [9.17, 15) is 0 Å². The molecule has 0 bridgehead atoms. The first-order valence-corrected chi connectivity index (χ1v) is 7.71. The average Bonchev–Trinajstić information content (AvgIpc) is 2.62. The van der Waals surface area contributed by atoms with Gasteiger partial charge in [0.2, 0.25) is 0 Å². The summed E-state index contributed by atoms with van der Waals surface area (Å²) in [4.78, 5) is 0. The molecule has 4 aromatic rings. The van der Waals surface area contributed by atoms with Gasteiger partial charge in [-0.15, -0.1) is 0 Å². The van der Waals surface area contributed by atoms with Crippen molar-refractivity contribution >= 4 is 32.9 Å². The highest BCUT2D eigenvalue weighted by atomic mass is 15.4. The van der Waals surface area contributed by atoms with Gasteiger partial charge in [-0.3, -0.25) is 5.43 Å². The molecule has 0 unspecified atom stereocenters. The molecule has 0 saturated heterocycles. The third-order valence-corrected chi connectivity index (χ3v) is 4.32. The number of nitrogens with one attached hydrogen (secondary N) is 2. The molecule has 4 aromatic carbocycles. The van der Waals surface area contributed by atoms with E-state index in [0.29, 0.717) is 5.69 Å². The van der Waals surface area contributed by atoms with Gasteiger partial charge in [-0.05, 0) is 33.7 Å². The lowest BCUT2D eigenvalue weighted by Crippen LogP contribution is -1.97. The number of fused-ring (bicyclic) bond motifs is 2. The van der Waals surface area contributed by atoms with Gasteiger partial charge in [0, 0.05) is 16.8 Å². The van der Waals surface area contributed by atoms with Gasteiger partial charge in [0.15, 0.2) is 0 Å². The fraction of sp³-hybridized carbons (Fsp3) is 0. The lowest BCUT2D eigenvalue weighted by Gasteiger charge is -2.16. The van der Waals surface area contributed by atoms with Crippen LogP contribution in [0.2, 0.25) is 0 Å². The van der Waals surface area contributed by atoms with Crippen LogP contribution in [0, 0.1) is 5.53 Å². The van der Waals surface area contributed by atoms with E-state index in [0.717, 1.165) is 38.4 Å². The summed E-state index contributed by atoms with van der Waals surface area (Å²) in [5.41, 5.74) is 19.8. The van der Waals surface area contributed by atoms with Crippen LogP contribution in [0.25, 0.3) is 32.7 Å². The summed E-state index contributed by atoms with van der Waals surface area (Å²) >= 11 is 0. The number of hydrogen-bond donors (Lipinski definition) is 3. The Kier molecular flexibility index (Phi) is 3.35. The largest absolute Gasteiger partial charge is 0.398 e. The Morgan fingerprint density at radius 3 is 1.96 bits per heavy atom. The maximum atomic E-state index is 7.21. The van der Waals surface area contributed by atoms with Gasteiger partial charge in [0.25, 0.3) is 0 Å². The first-order valence-electron chi connectivity index (χ1n) is 7.71. The predicted molar refractivity (Wildman–Crippen MR) is 100 cm³/mol. The SMILES string of the molecule is N=NNc1ccc2ccccc2c1-c1c(N)ccc2ccccc12. The number of nitrogen functional groups attached to an aromatic ring is 1. The molecule has 0 aliphatic rings. The molecular formula is C20H16N4. The lowest BCUT2D eigenvalue weighted by molar-refractivity contribution is 1.06. The smallest absolute Gasteiger partial charge is 0.0664 e. The molecule has 0 amide bonds. The summed E-state index contributed by atoms with van der Waals surface area (Å²) in [7, 11) is 0. The van der Waals surface area contributed by atoms with Crippen LogP contribution in [-0.2, 0) is 0 Å². The van der Waals surface area contributed by atoms with Crippen molar-refractivity contribution in [2.45, 2.75) is 0 Å². The molecule has 4 nitrogen and oxygen atoms in total. The Morgan fingerprint density at radius 2 is 1.29 bits per heavy atom. The monoisotopic (exact) mass is 312 g/mol. The molecule has 0 atom stereocenters. The van der Waals surface area contributed by atoms with Crippen molar-refractivity contribution in [3.63, 3.8) is 0 Å². The van der Waals surface area contributed by atoms with Gasteiger partial charge in [0.05, 0.1) is 5.69 Å². The Bertz CT molecular complexity index is 1070. The number of nitrogens with two attached hydrogens (primary N) is 1. The van der Waals surface area contributed by atoms with Crippen molar-refractivity contribution in [1.82, 2.24) is 0 Å². The molecule has 0 radical (unpaired) electrons. The van der Waals surface area contributed by atoms with Gasteiger partial charge in [-0.1, -0.05) is 65.9 Å². The topological polar surface area (TPSA) is 74.3 Å². The van der Waals surface area contributed by atoms with E-state index in [-0.39, 0.29) is 0 Å². The average molecular weight is 312 g/mol. The van der Waals surface area contributed by atoms with E-state index in [1.807, 2.05) is 48.5 Å². The molecule has 4 rings (SSSR count). The maximum absolute atomic E-state index is 7.21. The van der Waals surface area contributed by atoms with Gasteiger partial charge in [0.1, 0.15) is 0 Å². The number of benzene rings is 4. The Hall–Kier alpha value is -3.40. The Morgan fingerprint density at radius 1 is 0.708 bits per heavy atom. The van der Waals surface area contributed by atoms with Crippen LogP contribution in [0.5, 0.6) is 0 Å². The zero-order valence-electron chi connectivity index (χ0n) is 13.0. The van der Waals surface area contributed by atoms with Crippen LogP contribution in [0.4, 0.5) is 11.4 Å². The summed E-state index contributed by atoms with van der Waals surface area (Å²) in [5.74, 6) is 0. The highest BCUT2D eigenvalue weighted by Gasteiger charge is 2.15. The molecule has 116 valence electrons. The second-order valence-electron chi connectivity index (χ2n) is 5.68. The van der Waals surface area contributed by atoms with Crippen LogP contribution in [0.3, 0.4) is 0 Å². The molecular weight excluding hydrogens is 296 g/mol. The molecule has 0 aromatic heterocycles.